The minimum atomic E-state index is -0.648. The SMILES string of the molecule is CCOc1cccc([C@@H]2Nc3ccccc3C(=O)N2c2ccc3c(c2)OCCO3)c1O. The lowest BCUT2D eigenvalue weighted by atomic mass is 10.0. The van der Waals surface area contributed by atoms with Crippen molar-refractivity contribution in [1.29, 1.82) is 0 Å². The number of para-hydroxylation sites is 2. The standard InChI is InChI=1S/C24H22N2O5/c1-2-29-20-9-5-7-17(22(20)27)23-25-18-8-4-3-6-16(18)24(28)26(23)15-10-11-19-21(14-15)31-13-12-30-19/h3-11,14,23,25,27H,2,12-13H2,1H3/t23-/m1/s1. The average Bonchev–Trinajstić information content (AvgIpc) is 2.80. The zero-order chi connectivity index (χ0) is 21.4. The van der Waals surface area contributed by atoms with Crippen molar-refractivity contribution in [2.75, 3.05) is 30.0 Å². The van der Waals surface area contributed by atoms with Crippen molar-refractivity contribution in [3.63, 3.8) is 0 Å². The van der Waals surface area contributed by atoms with Crippen LogP contribution in [-0.4, -0.2) is 30.8 Å². The fourth-order valence-corrected chi connectivity index (χ4v) is 3.95. The summed E-state index contributed by atoms with van der Waals surface area (Å²) in [5.41, 5.74) is 2.41. The molecule has 31 heavy (non-hydrogen) atoms. The maximum Gasteiger partial charge on any atom is 0.262 e. The lowest BCUT2D eigenvalue weighted by Gasteiger charge is -2.38. The van der Waals surface area contributed by atoms with Crippen LogP contribution < -0.4 is 24.4 Å². The second kappa shape index (κ2) is 7.75. The Balaban J connectivity index is 1.65. The monoisotopic (exact) mass is 418 g/mol. The number of phenols is 1. The molecule has 3 aromatic carbocycles. The Bertz CT molecular complexity index is 1150. The Morgan fingerprint density at radius 1 is 1.06 bits per heavy atom. The molecule has 7 heteroatoms. The molecule has 0 bridgehead atoms. The molecule has 0 fully saturated rings. The minimum Gasteiger partial charge on any atom is -0.504 e. The van der Waals surface area contributed by atoms with E-state index in [4.69, 9.17) is 14.2 Å². The zero-order valence-corrected chi connectivity index (χ0v) is 17.0. The number of nitrogens with one attached hydrogen (secondary N) is 1. The number of carbonyl (C=O) groups excluding carboxylic acids is 1. The molecular formula is C24H22N2O5. The molecule has 0 saturated heterocycles. The van der Waals surface area contributed by atoms with Gasteiger partial charge in [0.15, 0.2) is 23.0 Å². The number of hydrogen-bond acceptors (Lipinski definition) is 6. The largest absolute Gasteiger partial charge is 0.504 e. The Hall–Kier alpha value is -3.87. The number of amides is 1. The van der Waals surface area contributed by atoms with Gasteiger partial charge in [-0.3, -0.25) is 9.69 Å². The van der Waals surface area contributed by atoms with Crippen LogP contribution in [0.1, 0.15) is 29.0 Å². The van der Waals surface area contributed by atoms with E-state index in [1.807, 2.05) is 31.2 Å². The van der Waals surface area contributed by atoms with Gasteiger partial charge in [-0.1, -0.05) is 24.3 Å². The maximum atomic E-state index is 13.6. The third-order valence-electron chi connectivity index (χ3n) is 5.36. The predicted molar refractivity (Wildman–Crippen MR) is 116 cm³/mol. The fraction of sp³-hybridized carbons (Fsp3) is 0.208. The van der Waals surface area contributed by atoms with Gasteiger partial charge in [0, 0.05) is 17.3 Å². The van der Waals surface area contributed by atoms with Crippen molar-refractivity contribution >= 4 is 17.3 Å². The fourth-order valence-electron chi connectivity index (χ4n) is 3.95. The Labute approximate surface area is 179 Å². The van der Waals surface area contributed by atoms with E-state index in [-0.39, 0.29) is 11.7 Å². The van der Waals surface area contributed by atoms with Crippen LogP contribution in [0.4, 0.5) is 11.4 Å². The second-order valence-corrected chi connectivity index (χ2v) is 7.22. The summed E-state index contributed by atoms with van der Waals surface area (Å²) < 4.78 is 16.9. The molecule has 3 aromatic rings. The van der Waals surface area contributed by atoms with E-state index >= 15 is 0 Å². The highest BCUT2D eigenvalue weighted by molar-refractivity contribution is 6.12. The van der Waals surface area contributed by atoms with E-state index in [2.05, 4.69) is 5.32 Å². The number of hydrogen-bond donors (Lipinski definition) is 2. The lowest BCUT2D eigenvalue weighted by molar-refractivity contribution is 0.0974. The van der Waals surface area contributed by atoms with Crippen molar-refractivity contribution in [1.82, 2.24) is 0 Å². The van der Waals surface area contributed by atoms with Gasteiger partial charge in [-0.05, 0) is 37.3 Å². The minimum absolute atomic E-state index is 0.00317. The topological polar surface area (TPSA) is 80.3 Å². The molecule has 0 saturated carbocycles. The summed E-state index contributed by atoms with van der Waals surface area (Å²) in [7, 11) is 0. The van der Waals surface area contributed by atoms with Crippen molar-refractivity contribution in [2.45, 2.75) is 13.1 Å². The highest BCUT2D eigenvalue weighted by atomic mass is 16.6. The van der Waals surface area contributed by atoms with Gasteiger partial charge in [0.25, 0.3) is 5.91 Å². The molecule has 0 aliphatic carbocycles. The molecule has 2 N–H and O–H groups in total. The Kier molecular flexibility index (Phi) is 4.78. The molecule has 2 aliphatic heterocycles. The summed E-state index contributed by atoms with van der Waals surface area (Å²) in [6.07, 6.45) is -0.648. The van der Waals surface area contributed by atoms with Crippen LogP contribution in [0, 0.1) is 0 Å². The van der Waals surface area contributed by atoms with Crippen LogP contribution >= 0.6 is 0 Å². The third kappa shape index (κ3) is 3.28. The molecule has 5 rings (SSSR count). The van der Waals surface area contributed by atoms with Crippen molar-refractivity contribution in [3.05, 3.63) is 71.8 Å². The third-order valence-corrected chi connectivity index (χ3v) is 5.36. The van der Waals surface area contributed by atoms with E-state index in [0.29, 0.717) is 59.6 Å². The first-order valence-corrected chi connectivity index (χ1v) is 10.2. The molecule has 0 spiro atoms. The molecule has 0 radical (unpaired) electrons. The lowest BCUT2D eigenvalue weighted by Crippen LogP contribution is -2.43. The van der Waals surface area contributed by atoms with Crippen molar-refractivity contribution in [2.24, 2.45) is 0 Å². The van der Waals surface area contributed by atoms with Gasteiger partial charge in [-0.25, -0.2) is 0 Å². The Morgan fingerprint density at radius 3 is 2.71 bits per heavy atom. The van der Waals surface area contributed by atoms with Gasteiger partial charge in [0.1, 0.15) is 19.4 Å². The second-order valence-electron chi connectivity index (χ2n) is 7.22. The van der Waals surface area contributed by atoms with Gasteiger partial charge in [-0.15, -0.1) is 0 Å². The van der Waals surface area contributed by atoms with Crippen molar-refractivity contribution < 1.29 is 24.1 Å². The number of carbonyl (C=O) groups is 1. The summed E-state index contributed by atoms with van der Waals surface area (Å²) in [5.74, 6) is 1.41. The van der Waals surface area contributed by atoms with Crippen LogP contribution in [0.5, 0.6) is 23.0 Å². The smallest absolute Gasteiger partial charge is 0.262 e. The van der Waals surface area contributed by atoms with E-state index in [0.717, 1.165) is 0 Å². The van der Waals surface area contributed by atoms with Crippen LogP contribution in [0.25, 0.3) is 0 Å². The normalized spacial score (nSPS) is 17.0. The van der Waals surface area contributed by atoms with E-state index < -0.39 is 6.17 Å². The molecule has 7 nitrogen and oxygen atoms in total. The quantitative estimate of drug-likeness (QED) is 0.656. The van der Waals surface area contributed by atoms with E-state index in [1.54, 1.807) is 41.3 Å². The first kappa shape index (κ1) is 19.1. The average molecular weight is 418 g/mol. The number of fused-ring (bicyclic) bond motifs is 2. The van der Waals surface area contributed by atoms with Gasteiger partial charge < -0.3 is 24.6 Å². The summed E-state index contributed by atoms with van der Waals surface area (Å²) in [6.45, 7) is 3.21. The number of nitrogens with zero attached hydrogens (tertiary/aromatic N) is 1. The molecular weight excluding hydrogens is 396 g/mol. The molecule has 1 atom stereocenters. The number of anilines is 2. The summed E-state index contributed by atoms with van der Waals surface area (Å²) in [4.78, 5) is 15.2. The van der Waals surface area contributed by atoms with Gasteiger partial charge in [-0.2, -0.15) is 0 Å². The highest BCUT2D eigenvalue weighted by Gasteiger charge is 2.36. The number of rotatable bonds is 4. The first-order valence-electron chi connectivity index (χ1n) is 10.2. The highest BCUT2D eigenvalue weighted by Crippen LogP contribution is 2.44. The van der Waals surface area contributed by atoms with E-state index in [1.165, 1.54) is 0 Å². The molecule has 2 aliphatic rings. The van der Waals surface area contributed by atoms with Crippen LogP contribution in [-0.2, 0) is 0 Å². The predicted octanol–water partition coefficient (Wildman–Crippen LogP) is 4.33. The van der Waals surface area contributed by atoms with E-state index in [9.17, 15) is 9.90 Å². The molecule has 158 valence electrons. The summed E-state index contributed by atoms with van der Waals surface area (Å²) in [5, 5.41) is 14.3. The van der Waals surface area contributed by atoms with Gasteiger partial charge in [0.05, 0.1) is 17.9 Å². The molecule has 2 heterocycles. The number of benzene rings is 3. The van der Waals surface area contributed by atoms with Crippen LogP contribution in [0.2, 0.25) is 0 Å². The van der Waals surface area contributed by atoms with Gasteiger partial charge in [0.2, 0.25) is 0 Å². The first-order chi connectivity index (χ1) is 15.2. The van der Waals surface area contributed by atoms with Gasteiger partial charge >= 0.3 is 0 Å². The van der Waals surface area contributed by atoms with Crippen molar-refractivity contribution in [3.8, 4) is 23.0 Å². The molecule has 0 aromatic heterocycles. The Morgan fingerprint density at radius 2 is 1.87 bits per heavy atom. The van der Waals surface area contributed by atoms with Crippen LogP contribution in [0.3, 0.4) is 0 Å². The number of aromatic hydroxyl groups is 1. The zero-order valence-electron chi connectivity index (χ0n) is 17.0. The molecule has 1 amide bonds. The summed E-state index contributed by atoms with van der Waals surface area (Å²) >= 11 is 0. The summed E-state index contributed by atoms with van der Waals surface area (Å²) in [6, 6.07) is 18.0. The number of phenolic OH excluding ortho intramolecular Hbond substituents is 1. The number of ether oxygens (including phenoxy) is 3. The maximum absolute atomic E-state index is 13.6. The van der Waals surface area contributed by atoms with Crippen LogP contribution in [0.15, 0.2) is 60.7 Å². The molecule has 0 unspecified atom stereocenters.